The summed E-state index contributed by atoms with van der Waals surface area (Å²) in [5.74, 6) is -0.361. The van der Waals surface area contributed by atoms with E-state index in [0.29, 0.717) is 0 Å². The van der Waals surface area contributed by atoms with Gasteiger partial charge in [0, 0.05) is 47.2 Å². The molecule has 0 aromatic carbocycles. The summed E-state index contributed by atoms with van der Waals surface area (Å²) >= 11 is 0. The van der Waals surface area contributed by atoms with Gasteiger partial charge in [-0.05, 0) is 38.1 Å². The zero-order valence-electron chi connectivity index (χ0n) is 15.1. The van der Waals surface area contributed by atoms with E-state index in [1.165, 1.54) is 13.0 Å². The van der Waals surface area contributed by atoms with E-state index in [4.69, 9.17) is 0 Å². The van der Waals surface area contributed by atoms with Crippen molar-refractivity contribution >= 4 is 28.8 Å². The number of allylic oxidation sites excluding steroid dienone is 1. The number of rotatable bonds is 6. The SMILES string of the molecule is CC(=O)/C=C/c1c[nH]c2ncc(-c3ccc(C(=O)NC[C@H](C)O)nc3)cc12. The van der Waals surface area contributed by atoms with Crippen LogP contribution < -0.4 is 5.32 Å². The fraction of sp³-hybridized carbons (Fsp3) is 0.200. The Hall–Kier alpha value is -3.32. The monoisotopic (exact) mass is 364 g/mol. The van der Waals surface area contributed by atoms with E-state index < -0.39 is 6.10 Å². The number of hydrogen-bond donors (Lipinski definition) is 3. The van der Waals surface area contributed by atoms with Crippen molar-refractivity contribution in [3.63, 3.8) is 0 Å². The Morgan fingerprint density at radius 3 is 2.70 bits per heavy atom. The highest BCUT2D eigenvalue weighted by Gasteiger charge is 2.10. The van der Waals surface area contributed by atoms with Crippen LogP contribution in [0.25, 0.3) is 28.2 Å². The number of hydrogen-bond acceptors (Lipinski definition) is 5. The van der Waals surface area contributed by atoms with E-state index >= 15 is 0 Å². The fourth-order valence-electron chi connectivity index (χ4n) is 2.56. The summed E-state index contributed by atoms with van der Waals surface area (Å²) in [7, 11) is 0. The van der Waals surface area contributed by atoms with Gasteiger partial charge in [-0.25, -0.2) is 4.98 Å². The number of H-pyrrole nitrogens is 1. The lowest BCUT2D eigenvalue weighted by Crippen LogP contribution is -2.31. The molecule has 0 bridgehead atoms. The molecule has 0 saturated heterocycles. The third kappa shape index (κ3) is 4.45. The number of nitrogens with one attached hydrogen (secondary N) is 2. The zero-order chi connectivity index (χ0) is 19.4. The van der Waals surface area contributed by atoms with E-state index in [-0.39, 0.29) is 23.9 Å². The minimum Gasteiger partial charge on any atom is -0.392 e. The van der Waals surface area contributed by atoms with Gasteiger partial charge in [-0.1, -0.05) is 6.07 Å². The molecule has 3 N–H and O–H groups in total. The predicted molar refractivity (Wildman–Crippen MR) is 103 cm³/mol. The second kappa shape index (κ2) is 7.92. The molecule has 7 heteroatoms. The Morgan fingerprint density at radius 2 is 2.04 bits per heavy atom. The third-order valence-electron chi connectivity index (χ3n) is 3.95. The molecule has 3 aromatic heterocycles. The minimum absolute atomic E-state index is 0.0258. The van der Waals surface area contributed by atoms with Crippen molar-refractivity contribution in [3.8, 4) is 11.1 Å². The van der Waals surface area contributed by atoms with Crippen LogP contribution in [0.1, 0.15) is 29.9 Å². The van der Waals surface area contributed by atoms with E-state index in [1.54, 1.807) is 43.7 Å². The summed E-state index contributed by atoms with van der Waals surface area (Å²) in [5.41, 5.74) is 3.54. The van der Waals surface area contributed by atoms with E-state index in [0.717, 1.165) is 27.7 Å². The van der Waals surface area contributed by atoms with Crippen LogP contribution in [-0.4, -0.2) is 44.4 Å². The van der Waals surface area contributed by atoms with Crippen molar-refractivity contribution in [1.82, 2.24) is 20.3 Å². The smallest absolute Gasteiger partial charge is 0.269 e. The molecule has 0 unspecified atom stereocenters. The molecule has 0 fully saturated rings. The van der Waals surface area contributed by atoms with Gasteiger partial charge in [0.15, 0.2) is 5.78 Å². The van der Waals surface area contributed by atoms with Crippen molar-refractivity contribution in [1.29, 1.82) is 0 Å². The molecule has 0 spiro atoms. The molecule has 1 amide bonds. The lowest BCUT2D eigenvalue weighted by atomic mass is 10.1. The number of aromatic nitrogens is 3. The van der Waals surface area contributed by atoms with Gasteiger partial charge < -0.3 is 15.4 Å². The van der Waals surface area contributed by atoms with Gasteiger partial charge in [-0.3, -0.25) is 14.6 Å². The Labute approximate surface area is 156 Å². The number of aliphatic hydroxyl groups excluding tert-OH is 1. The fourth-order valence-corrected chi connectivity index (χ4v) is 2.56. The number of carbonyl (C=O) groups is 2. The molecule has 1 atom stereocenters. The largest absolute Gasteiger partial charge is 0.392 e. The summed E-state index contributed by atoms with van der Waals surface area (Å²) in [5, 5.41) is 12.7. The number of amides is 1. The number of pyridine rings is 2. The normalized spacial score (nSPS) is 12.4. The van der Waals surface area contributed by atoms with Crippen LogP contribution in [0.2, 0.25) is 0 Å². The molecule has 3 heterocycles. The number of fused-ring (bicyclic) bond motifs is 1. The molecular weight excluding hydrogens is 344 g/mol. The molecule has 0 aliphatic carbocycles. The number of nitrogens with zero attached hydrogens (tertiary/aromatic N) is 2. The highest BCUT2D eigenvalue weighted by Crippen LogP contribution is 2.25. The first-order valence-electron chi connectivity index (χ1n) is 8.52. The Balaban J connectivity index is 1.85. The molecule has 0 aliphatic heterocycles. The van der Waals surface area contributed by atoms with Crippen LogP contribution in [0.5, 0.6) is 0 Å². The maximum atomic E-state index is 12.0. The molecule has 7 nitrogen and oxygen atoms in total. The van der Waals surface area contributed by atoms with Crippen LogP contribution in [0.4, 0.5) is 0 Å². The maximum absolute atomic E-state index is 12.0. The Morgan fingerprint density at radius 1 is 1.26 bits per heavy atom. The highest BCUT2D eigenvalue weighted by molar-refractivity contribution is 5.96. The Bertz CT molecular complexity index is 1000. The van der Waals surface area contributed by atoms with Gasteiger partial charge in [0.2, 0.25) is 0 Å². The summed E-state index contributed by atoms with van der Waals surface area (Å²) in [6, 6.07) is 5.39. The molecule has 0 aliphatic rings. The molecule has 0 saturated carbocycles. The van der Waals surface area contributed by atoms with Crippen molar-refractivity contribution < 1.29 is 14.7 Å². The van der Waals surface area contributed by atoms with Crippen molar-refractivity contribution in [3.05, 3.63) is 54.1 Å². The second-order valence-electron chi connectivity index (χ2n) is 6.30. The molecule has 0 radical (unpaired) electrons. The van der Waals surface area contributed by atoms with Gasteiger partial charge >= 0.3 is 0 Å². The van der Waals surface area contributed by atoms with Crippen LogP contribution in [-0.2, 0) is 4.79 Å². The van der Waals surface area contributed by atoms with Crippen molar-refractivity contribution in [2.75, 3.05) is 6.54 Å². The molecule has 3 rings (SSSR count). The summed E-state index contributed by atoms with van der Waals surface area (Å²) < 4.78 is 0. The maximum Gasteiger partial charge on any atom is 0.269 e. The lowest BCUT2D eigenvalue weighted by molar-refractivity contribution is -0.112. The second-order valence-corrected chi connectivity index (χ2v) is 6.30. The van der Waals surface area contributed by atoms with E-state index in [1.807, 2.05) is 6.07 Å². The number of aliphatic hydroxyl groups is 1. The van der Waals surface area contributed by atoms with Crippen molar-refractivity contribution in [2.45, 2.75) is 20.0 Å². The quantitative estimate of drug-likeness (QED) is 0.582. The predicted octanol–water partition coefficient (Wildman–Crippen LogP) is 2.34. The molecule has 3 aromatic rings. The standard InChI is InChI=1S/C20H20N4O3/c1-12(25)3-4-15-10-22-19-17(15)7-16(11-23-19)14-5-6-18(21-9-14)20(27)24-8-13(2)26/h3-7,9-11,13,26H,8H2,1-2H3,(H,22,23)(H,24,27)/b4-3+/t13-/m0/s1. The van der Waals surface area contributed by atoms with Crippen molar-refractivity contribution in [2.24, 2.45) is 0 Å². The van der Waals surface area contributed by atoms with Gasteiger partial charge in [-0.15, -0.1) is 0 Å². The highest BCUT2D eigenvalue weighted by atomic mass is 16.3. The summed E-state index contributed by atoms with van der Waals surface area (Å²) in [4.78, 5) is 34.8. The third-order valence-corrected chi connectivity index (χ3v) is 3.95. The number of aromatic amines is 1. The zero-order valence-corrected chi connectivity index (χ0v) is 15.1. The van der Waals surface area contributed by atoms with Gasteiger partial charge in [0.1, 0.15) is 11.3 Å². The first kappa shape index (κ1) is 18.5. The van der Waals surface area contributed by atoms with Crippen LogP contribution in [0.15, 0.2) is 42.9 Å². The first-order valence-corrected chi connectivity index (χ1v) is 8.52. The van der Waals surface area contributed by atoms with Crippen LogP contribution in [0, 0.1) is 0 Å². The summed E-state index contributed by atoms with van der Waals surface area (Å²) in [6.07, 6.45) is 7.78. The van der Waals surface area contributed by atoms with E-state index in [2.05, 4.69) is 20.3 Å². The van der Waals surface area contributed by atoms with Crippen LogP contribution >= 0.6 is 0 Å². The first-order chi connectivity index (χ1) is 12.9. The van der Waals surface area contributed by atoms with Gasteiger partial charge in [0.25, 0.3) is 5.91 Å². The van der Waals surface area contributed by atoms with Gasteiger partial charge in [0.05, 0.1) is 6.10 Å². The molecule has 27 heavy (non-hydrogen) atoms. The number of ketones is 1. The van der Waals surface area contributed by atoms with E-state index in [9.17, 15) is 14.7 Å². The Kier molecular flexibility index (Phi) is 5.42. The summed E-state index contributed by atoms with van der Waals surface area (Å²) in [6.45, 7) is 3.27. The minimum atomic E-state index is -0.612. The number of carbonyl (C=O) groups excluding carboxylic acids is 2. The topological polar surface area (TPSA) is 108 Å². The molecular formula is C20H20N4O3. The average Bonchev–Trinajstić information content (AvgIpc) is 3.06. The van der Waals surface area contributed by atoms with Gasteiger partial charge in [-0.2, -0.15) is 0 Å². The molecule has 138 valence electrons. The van der Waals surface area contributed by atoms with Crippen LogP contribution in [0.3, 0.4) is 0 Å². The average molecular weight is 364 g/mol. The lowest BCUT2D eigenvalue weighted by Gasteiger charge is -2.07.